The van der Waals surface area contributed by atoms with E-state index in [2.05, 4.69) is 0 Å². The Kier molecular flexibility index (Phi) is 3.71. The summed E-state index contributed by atoms with van der Waals surface area (Å²) in [5.41, 5.74) is 8.40. The molecule has 0 aliphatic carbocycles. The van der Waals surface area contributed by atoms with Gasteiger partial charge in [0.2, 0.25) is 0 Å². The van der Waals surface area contributed by atoms with E-state index in [0.29, 0.717) is 18.5 Å². The summed E-state index contributed by atoms with van der Waals surface area (Å²) < 4.78 is 29.6. The van der Waals surface area contributed by atoms with Crippen LogP contribution in [0.4, 0.5) is 5.69 Å². The number of nitrogens with two attached hydrogens (primary N) is 1. The monoisotopic (exact) mass is 229 g/mol. The Labute approximate surface area is 89.9 Å². The van der Waals surface area contributed by atoms with Gasteiger partial charge in [-0.3, -0.25) is 4.55 Å². The molecule has 4 nitrogen and oxygen atoms in total. The summed E-state index contributed by atoms with van der Waals surface area (Å²) in [4.78, 5) is 0. The first-order valence-electron chi connectivity index (χ1n) is 4.68. The predicted octanol–water partition coefficient (Wildman–Crippen LogP) is 1.40. The van der Waals surface area contributed by atoms with E-state index in [4.69, 9.17) is 10.3 Å². The van der Waals surface area contributed by atoms with Crippen LogP contribution in [-0.2, 0) is 16.5 Å². The van der Waals surface area contributed by atoms with Gasteiger partial charge in [-0.15, -0.1) is 0 Å². The summed E-state index contributed by atoms with van der Waals surface area (Å²) in [6, 6.07) is 5.52. The van der Waals surface area contributed by atoms with Crippen molar-refractivity contribution in [2.75, 3.05) is 11.5 Å². The van der Waals surface area contributed by atoms with E-state index in [0.717, 1.165) is 11.1 Å². The summed E-state index contributed by atoms with van der Waals surface area (Å²) >= 11 is 0. The van der Waals surface area contributed by atoms with E-state index in [9.17, 15) is 8.42 Å². The van der Waals surface area contributed by atoms with Gasteiger partial charge in [0.1, 0.15) is 0 Å². The van der Waals surface area contributed by atoms with Crippen molar-refractivity contribution in [3.05, 3.63) is 29.3 Å². The summed E-state index contributed by atoms with van der Waals surface area (Å²) in [6.07, 6.45) is 1.05. The third-order valence-electron chi connectivity index (χ3n) is 2.22. The maximum atomic E-state index is 10.5. The zero-order valence-electron chi connectivity index (χ0n) is 8.60. The van der Waals surface area contributed by atoms with Gasteiger partial charge in [-0.05, 0) is 43.0 Å². The highest BCUT2D eigenvalue weighted by Crippen LogP contribution is 2.14. The fraction of sp³-hybridized carbons (Fsp3) is 0.400. The first kappa shape index (κ1) is 12.0. The van der Waals surface area contributed by atoms with Crippen LogP contribution in [0.25, 0.3) is 0 Å². The Morgan fingerprint density at radius 2 is 2.07 bits per heavy atom. The number of benzene rings is 1. The third-order valence-corrected chi connectivity index (χ3v) is 3.02. The summed E-state index contributed by atoms with van der Waals surface area (Å²) in [6.45, 7) is 1.93. The number of hydrogen-bond donors (Lipinski definition) is 2. The maximum Gasteiger partial charge on any atom is 0.264 e. The first-order chi connectivity index (χ1) is 6.88. The van der Waals surface area contributed by atoms with Gasteiger partial charge in [-0.25, -0.2) is 0 Å². The number of hydrogen-bond acceptors (Lipinski definition) is 3. The quantitative estimate of drug-likeness (QED) is 0.604. The second kappa shape index (κ2) is 4.63. The van der Waals surface area contributed by atoms with Crippen LogP contribution in [0.15, 0.2) is 18.2 Å². The SMILES string of the molecule is Cc1cc(N)ccc1CCCS(=O)(=O)O. The summed E-state index contributed by atoms with van der Waals surface area (Å²) in [5.74, 6) is -0.198. The largest absolute Gasteiger partial charge is 0.399 e. The molecule has 84 valence electrons. The van der Waals surface area contributed by atoms with Crippen molar-refractivity contribution in [2.45, 2.75) is 19.8 Å². The molecule has 15 heavy (non-hydrogen) atoms. The lowest BCUT2D eigenvalue weighted by Gasteiger charge is -2.05. The van der Waals surface area contributed by atoms with E-state index in [1.54, 1.807) is 6.07 Å². The molecule has 1 rings (SSSR count). The van der Waals surface area contributed by atoms with Crippen molar-refractivity contribution in [1.29, 1.82) is 0 Å². The second-order valence-corrected chi connectivity index (χ2v) is 5.15. The van der Waals surface area contributed by atoms with Crippen molar-refractivity contribution < 1.29 is 13.0 Å². The molecule has 0 saturated heterocycles. The minimum Gasteiger partial charge on any atom is -0.399 e. The molecule has 0 radical (unpaired) electrons. The van der Waals surface area contributed by atoms with E-state index in [-0.39, 0.29) is 5.75 Å². The van der Waals surface area contributed by atoms with Gasteiger partial charge in [0.05, 0.1) is 5.75 Å². The molecule has 0 heterocycles. The van der Waals surface area contributed by atoms with Gasteiger partial charge in [0.15, 0.2) is 0 Å². The van der Waals surface area contributed by atoms with Gasteiger partial charge >= 0.3 is 0 Å². The average Bonchev–Trinajstić information content (AvgIpc) is 2.07. The van der Waals surface area contributed by atoms with Crippen molar-refractivity contribution in [3.8, 4) is 0 Å². The van der Waals surface area contributed by atoms with Crippen LogP contribution >= 0.6 is 0 Å². The normalized spacial score (nSPS) is 11.6. The van der Waals surface area contributed by atoms with Crippen molar-refractivity contribution in [1.82, 2.24) is 0 Å². The lowest BCUT2D eigenvalue weighted by Crippen LogP contribution is -2.05. The highest BCUT2D eigenvalue weighted by molar-refractivity contribution is 7.85. The van der Waals surface area contributed by atoms with Crippen LogP contribution in [0.1, 0.15) is 17.5 Å². The smallest absolute Gasteiger partial charge is 0.264 e. The van der Waals surface area contributed by atoms with Crippen LogP contribution in [0.3, 0.4) is 0 Å². The number of aryl methyl sites for hydroxylation is 2. The average molecular weight is 229 g/mol. The van der Waals surface area contributed by atoms with Gasteiger partial charge in [0, 0.05) is 5.69 Å². The molecule has 0 fully saturated rings. The minimum atomic E-state index is -3.84. The number of anilines is 1. The Hall–Kier alpha value is -1.07. The predicted molar refractivity (Wildman–Crippen MR) is 60.3 cm³/mol. The summed E-state index contributed by atoms with van der Waals surface area (Å²) in [7, 11) is -3.84. The number of nitrogen functional groups attached to an aromatic ring is 1. The molecule has 1 aromatic carbocycles. The first-order valence-corrected chi connectivity index (χ1v) is 6.29. The van der Waals surface area contributed by atoms with E-state index in [1.807, 2.05) is 19.1 Å². The Balaban J connectivity index is 2.59. The van der Waals surface area contributed by atoms with E-state index in [1.165, 1.54) is 0 Å². The van der Waals surface area contributed by atoms with Gasteiger partial charge < -0.3 is 5.73 Å². The molecule has 0 saturated carbocycles. The molecular formula is C10H15NO3S. The Bertz CT molecular complexity index is 440. The third kappa shape index (κ3) is 4.31. The number of rotatable bonds is 4. The highest BCUT2D eigenvalue weighted by atomic mass is 32.2. The standard InChI is InChI=1S/C10H15NO3S/c1-8-7-10(11)5-4-9(8)3-2-6-15(12,13)14/h4-5,7H,2-3,6,11H2,1H3,(H,12,13,14). The molecule has 0 aromatic heterocycles. The fourth-order valence-electron chi connectivity index (χ4n) is 1.44. The van der Waals surface area contributed by atoms with Crippen LogP contribution in [-0.4, -0.2) is 18.7 Å². The molecule has 0 aliphatic rings. The second-order valence-electron chi connectivity index (χ2n) is 3.58. The summed E-state index contributed by atoms with van der Waals surface area (Å²) in [5, 5.41) is 0. The molecule has 0 bridgehead atoms. The van der Waals surface area contributed by atoms with Crippen molar-refractivity contribution in [2.24, 2.45) is 0 Å². The van der Waals surface area contributed by atoms with Crippen molar-refractivity contribution in [3.63, 3.8) is 0 Å². The lowest BCUT2D eigenvalue weighted by molar-refractivity contribution is 0.481. The lowest BCUT2D eigenvalue weighted by atomic mass is 10.0. The van der Waals surface area contributed by atoms with Gasteiger partial charge in [0.25, 0.3) is 10.1 Å². The molecule has 3 N–H and O–H groups in total. The zero-order valence-corrected chi connectivity index (χ0v) is 9.42. The highest BCUT2D eigenvalue weighted by Gasteiger charge is 2.05. The van der Waals surface area contributed by atoms with Crippen LogP contribution < -0.4 is 5.73 Å². The van der Waals surface area contributed by atoms with Crippen LogP contribution in [0, 0.1) is 6.92 Å². The van der Waals surface area contributed by atoms with Crippen molar-refractivity contribution >= 4 is 15.8 Å². The molecule has 5 heteroatoms. The zero-order chi connectivity index (χ0) is 11.5. The fourth-order valence-corrected chi connectivity index (χ4v) is 1.95. The van der Waals surface area contributed by atoms with Gasteiger partial charge in [-0.2, -0.15) is 8.42 Å². The molecule has 1 aromatic rings. The van der Waals surface area contributed by atoms with Gasteiger partial charge in [-0.1, -0.05) is 6.07 Å². The molecule has 0 amide bonds. The molecule has 0 unspecified atom stereocenters. The minimum absolute atomic E-state index is 0.198. The molecule has 0 aliphatic heterocycles. The van der Waals surface area contributed by atoms with E-state index >= 15 is 0 Å². The topological polar surface area (TPSA) is 80.4 Å². The Morgan fingerprint density at radius 1 is 1.40 bits per heavy atom. The van der Waals surface area contributed by atoms with Crippen LogP contribution in [0.2, 0.25) is 0 Å². The molecular weight excluding hydrogens is 214 g/mol. The Morgan fingerprint density at radius 3 is 2.60 bits per heavy atom. The van der Waals surface area contributed by atoms with E-state index < -0.39 is 10.1 Å². The molecule has 0 spiro atoms. The maximum absolute atomic E-state index is 10.5. The molecule has 0 atom stereocenters. The van der Waals surface area contributed by atoms with Crippen LogP contribution in [0.5, 0.6) is 0 Å².